The summed E-state index contributed by atoms with van der Waals surface area (Å²) < 4.78 is 13.6. The van der Waals surface area contributed by atoms with E-state index < -0.39 is 13.9 Å². The molecule has 0 saturated heterocycles. The fourth-order valence-electron chi connectivity index (χ4n) is 0.405. The van der Waals surface area contributed by atoms with E-state index in [1.807, 2.05) is 0 Å². The molecule has 0 aromatic carbocycles. The molecule has 0 spiro atoms. The Labute approximate surface area is 87.9 Å². The van der Waals surface area contributed by atoms with Crippen LogP contribution >= 0.6 is 23.2 Å². The van der Waals surface area contributed by atoms with Gasteiger partial charge < -0.3 is 13.6 Å². The first-order valence-corrected chi connectivity index (χ1v) is 6.00. The van der Waals surface area contributed by atoms with E-state index in [2.05, 4.69) is 18.3 Å². The average molecular weight is 251 g/mol. The molecule has 0 radical (unpaired) electrons. The molecule has 0 rings (SSSR count). The van der Waals surface area contributed by atoms with Crippen molar-refractivity contribution in [1.29, 1.82) is 0 Å². The second-order valence-corrected chi connectivity index (χ2v) is 5.33. The molecule has 0 aromatic rings. The van der Waals surface area contributed by atoms with Gasteiger partial charge in [0.05, 0.1) is 6.61 Å². The number of hydrogen-bond acceptors (Lipinski definition) is 5. The third-order valence-corrected chi connectivity index (χ3v) is 2.90. The van der Waals surface area contributed by atoms with Crippen molar-refractivity contribution in [3.05, 3.63) is 0 Å². The van der Waals surface area contributed by atoms with E-state index in [9.17, 15) is 4.80 Å². The molecule has 0 aliphatic heterocycles. The summed E-state index contributed by atoms with van der Waals surface area (Å²) in [6, 6.07) is 0. The molecule has 0 heterocycles. The maximum absolute atomic E-state index is 9.28. The standard InChI is InChI=1S/C5H12Cl2O5Si/c1-9-13(8,10-2)12-11-4-3-5(6)7/h5,8H,3-4H2,1-2H3. The Kier molecular flexibility index (Phi) is 7.28. The number of rotatable bonds is 7. The molecular formula is C5H12Cl2O5Si. The normalized spacial score (nSPS) is 12.5. The lowest BCUT2D eigenvalue weighted by atomic mass is 10.5. The first kappa shape index (κ1) is 13.6. The quantitative estimate of drug-likeness (QED) is 0.239. The van der Waals surface area contributed by atoms with Crippen LogP contribution in [0.25, 0.3) is 0 Å². The van der Waals surface area contributed by atoms with Gasteiger partial charge in [-0.1, -0.05) is 0 Å². The Bertz CT molecular complexity index is 132. The van der Waals surface area contributed by atoms with Crippen molar-refractivity contribution in [2.75, 3.05) is 20.8 Å². The van der Waals surface area contributed by atoms with E-state index in [1.54, 1.807) is 0 Å². The molecule has 13 heavy (non-hydrogen) atoms. The minimum Gasteiger partial charge on any atom is -0.366 e. The summed E-state index contributed by atoms with van der Waals surface area (Å²) in [6.07, 6.45) is 0.390. The predicted octanol–water partition coefficient (Wildman–Crippen LogP) is 0.849. The van der Waals surface area contributed by atoms with E-state index in [-0.39, 0.29) is 6.61 Å². The minimum absolute atomic E-state index is 0.152. The molecule has 0 saturated carbocycles. The van der Waals surface area contributed by atoms with Gasteiger partial charge in [0, 0.05) is 20.6 Å². The fraction of sp³-hybridized carbons (Fsp3) is 1.00. The Morgan fingerprint density at radius 3 is 2.23 bits per heavy atom. The van der Waals surface area contributed by atoms with Crippen LogP contribution in [0.15, 0.2) is 0 Å². The second kappa shape index (κ2) is 6.96. The van der Waals surface area contributed by atoms with Gasteiger partial charge in [0.25, 0.3) is 0 Å². The van der Waals surface area contributed by atoms with Crippen LogP contribution < -0.4 is 0 Å². The van der Waals surface area contributed by atoms with Crippen molar-refractivity contribution in [3.63, 3.8) is 0 Å². The average Bonchev–Trinajstić information content (AvgIpc) is 2.12. The van der Waals surface area contributed by atoms with Gasteiger partial charge in [-0.15, -0.1) is 23.2 Å². The zero-order valence-electron chi connectivity index (χ0n) is 7.33. The molecule has 0 unspecified atom stereocenters. The number of halogens is 2. The van der Waals surface area contributed by atoms with Crippen LogP contribution in [-0.2, 0) is 18.3 Å². The lowest BCUT2D eigenvalue weighted by molar-refractivity contribution is -0.266. The van der Waals surface area contributed by atoms with Gasteiger partial charge in [0.2, 0.25) is 0 Å². The molecule has 0 aromatic heterocycles. The summed E-state index contributed by atoms with van der Waals surface area (Å²) in [5.41, 5.74) is 0. The highest BCUT2D eigenvalue weighted by Crippen LogP contribution is 2.08. The van der Waals surface area contributed by atoms with Crippen LogP contribution in [-0.4, -0.2) is 39.5 Å². The highest BCUT2D eigenvalue weighted by molar-refractivity contribution is 6.51. The third-order valence-electron chi connectivity index (χ3n) is 1.10. The molecule has 0 bridgehead atoms. The second-order valence-electron chi connectivity index (χ2n) is 2.02. The Morgan fingerprint density at radius 2 is 1.85 bits per heavy atom. The molecule has 5 nitrogen and oxygen atoms in total. The fourth-order valence-corrected chi connectivity index (χ4v) is 1.12. The van der Waals surface area contributed by atoms with Gasteiger partial charge in [-0.05, 0) is 0 Å². The SMILES string of the molecule is CO[Si](O)(OC)OOCCC(Cl)Cl. The molecule has 8 heteroatoms. The van der Waals surface area contributed by atoms with Gasteiger partial charge in [0.15, 0.2) is 0 Å². The number of hydrogen-bond donors (Lipinski definition) is 1. The Morgan fingerprint density at radius 1 is 1.31 bits per heavy atom. The molecule has 0 atom stereocenters. The van der Waals surface area contributed by atoms with Gasteiger partial charge in [0.1, 0.15) is 4.84 Å². The monoisotopic (exact) mass is 250 g/mol. The van der Waals surface area contributed by atoms with Crippen molar-refractivity contribution < 1.29 is 23.1 Å². The van der Waals surface area contributed by atoms with Gasteiger partial charge in [-0.25, -0.2) is 4.89 Å². The molecule has 0 amide bonds. The van der Waals surface area contributed by atoms with Crippen molar-refractivity contribution in [2.24, 2.45) is 0 Å². The summed E-state index contributed by atoms with van der Waals surface area (Å²) in [5.74, 6) is 0. The van der Waals surface area contributed by atoms with E-state index in [1.165, 1.54) is 14.2 Å². The van der Waals surface area contributed by atoms with E-state index in [0.29, 0.717) is 6.42 Å². The van der Waals surface area contributed by atoms with Crippen molar-refractivity contribution in [1.82, 2.24) is 0 Å². The summed E-state index contributed by atoms with van der Waals surface area (Å²) in [4.78, 5) is 13.3. The highest BCUT2D eigenvalue weighted by Gasteiger charge is 2.40. The van der Waals surface area contributed by atoms with Crippen LogP contribution in [0.4, 0.5) is 0 Å². The Balaban J connectivity index is 3.50. The summed E-state index contributed by atoms with van der Waals surface area (Å²) in [7, 11) is -1.07. The van der Waals surface area contributed by atoms with Gasteiger partial charge in [-0.2, -0.15) is 4.58 Å². The van der Waals surface area contributed by atoms with Crippen molar-refractivity contribution in [2.45, 2.75) is 11.3 Å². The summed E-state index contributed by atoms with van der Waals surface area (Å²) in [6.45, 7) is 0.152. The first-order chi connectivity index (χ1) is 6.04. The minimum atomic E-state index is -3.58. The smallest absolute Gasteiger partial charge is 0.366 e. The number of alkyl halides is 2. The van der Waals surface area contributed by atoms with E-state index >= 15 is 0 Å². The van der Waals surface area contributed by atoms with Gasteiger partial charge >= 0.3 is 9.05 Å². The molecule has 0 fully saturated rings. The zero-order chi connectivity index (χ0) is 10.3. The van der Waals surface area contributed by atoms with Crippen molar-refractivity contribution in [3.8, 4) is 0 Å². The molecular weight excluding hydrogens is 239 g/mol. The molecule has 0 aliphatic carbocycles. The first-order valence-electron chi connectivity index (χ1n) is 3.45. The molecule has 80 valence electrons. The van der Waals surface area contributed by atoms with E-state index in [4.69, 9.17) is 23.2 Å². The lowest BCUT2D eigenvalue weighted by Gasteiger charge is -2.17. The van der Waals surface area contributed by atoms with Crippen LogP contribution in [0.5, 0.6) is 0 Å². The molecule has 1 N–H and O–H groups in total. The maximum atomic E-state index is 9.28. The predicted molar refractivity (Wildman–Crippen MR) is 49.1 cm³/mol. The van der Waals surface area contributed by atoms with Crippen molar-refractivity contribution >= 4 is 32.2 Å². The topological polar surface area (TPSA) is 57.2 Å². The largest absolute Gasteiger partial charge is 0.704 e. The summed E-state index contributed by atoms with van der Waals surface area (Å²) >= 11 is 10.8. The zero-order valence-corrected chi connectivity index (χ0v) is 9.84. The lowest BCUT2D eigenvalue weighted by Crippen LogP contribution is -2.44. The molecule has 0 aliphatic rings. The van der Waals surface area contributed by atoms with Crippen LogP contribution in [0, 0.1) is 0 Å². The van der Waals surface area contributed by atoms with Crippen LogP contribution in [0.3, 0.4) is 0 Å². The highest BCUT2D eigenvalue weighted by atomic mass is 35.5. The van der Waals surface area contributed by atoms with Gasteiger partial charge in [-0.3, -0.25) is 0 Å². The third kappa shape index (κ3) is 6.64. The van der Waals surface area contributed by atoms with Crippen LogP contribution in [0.1, 0.15) is 6.42 Å². The van der Waals surface area contributed by atoms with E-state index in [0.717, 1.165) is 0 Å². The van der Waals surface area contributed by atoms with Crippen LogP contribution in [0.2, 0.25) is 0 Å². The Hall–Kier alpha value is 0.597. The summed E-state index contributed by atoms with van der Waals surface area (Å²) in [5, 5.41) is 0. The maximum Gasteiger partial charge on any atom is 0.704 e.